The second-order valence-electron chi connectivity index (χ2n) is 19.4. The maximum Gasteiger partial charge on any atom is 0.132 e. The van der Waals surface area contributed by atoms with Crippen molar-refractivity contribution in [2.24, 2.45) is 0 Å². The molecule has 72 heavy (non-hydrogen) atoms. The molecule has 3 heterocycles. The first-order chi connectivity index (χ1) is 35.7. The summed E-state index contributed by atoms with van der Waals surface area (Å²) in [5.74, 6) is 1.78. The average Bonchev–Trinajstić information content (AvgIpc) is 4.06. The Morgan fingerprint density at radius 2 is 0.861 bits per heavy atom. The Kier molecular flexibility index (Phi) is 8.43. The third-order valence-electron chi connectivity index (χ3n) is 16.0. The summed E-state index contributed by atoms with van der Waals surface area (Å²) in [5, 5.41) is 2.62. The monoisotopic (exact) mass is 951 g/mol. The Labute approximate surface area is 426 Å². The first kappa shape index (κ1) is 40.3. The zero-order valence-corrected chi connectivity index (χ0v) is 40.5. The van der Waals surface area contributed by atoms with Crippen LogP contribution in [0.15, 0.2) is 259 Å². The quantitative estimate of drug-likeness (QED) is 0.174. The van der Waals surface area contributed by atoms with E-state index in [-0.39, 0.29) is 0 Å². The van der Waals surface area contributed by atoms with E-state index in [4.69, 9.17) is 4.74 Å². The molecular weight excluding hydrogens is 911 g/mol. The predicted molar refractivity (Wildman–Crippen MR) is 298 cm³/mol. The summed E-state index contributed by atoms with van der Waals surface area (Å²) in [6, 6.07) is 93.0. The normalized spacial score (nSPS) is 14.4. The molecule has 0 atom stereocenters. The Hall–Kier alpha value is -8.41. The molecule has 0 saturated carbocycles. The number of hydrogen-bond acceptors (Lipinski definition) is 4. The van der Waals surface area contributed by atoms with E-state index in [1.807, 2.05) is 23.1 Å². The van der Waals surface area contributed by atoms with Crippen molar-refractivity contribution >= 4 is 60.3 Å². The summed E-state index contributed by atoms with van der Waals surface area (Å²) in [5.41, 5.74) is 19.7. The first-order valence-corrected chi connectivity index (χ1v) is 26.4. The Morgan fingerprint density at radius 1 is 0.333 bits per heavy atom. The summed E-state index contributed by atoms with van der Waals surface area (Å²) in [7, 11) is 0. The van der Waals surface area contributed by atoms with Crippen LogP contribution in [0.25, 0.3) is 53.6 Å². The topological polar surface area (TPSA) is 12.5 Å². The van der Waals surface area contributed by atoms with Crippen molar-refractivity contribution in [3.05, 3.63) is 293 Å². The molecule has 0 bridgehead atoms. The van der Waals surface area contributed by atoms with Crippen LogP contribution in [-0.4, -0.2) is 0 Å². The number of hydrogen-bond donors (Lipinski definition) is 0. The standard InChI is InChI=1S/C68H41NOS2/c1-4-19-51-46(16-1)47-38-37-45(41-58(47)68(51)55-23-8-13-30-64(55)72-65-31-14-9-24-56(65)68)69(44-35-32-42(33-36-44)43-34-39-63-50(40-43)48-17-3-12-29-62(48)71-63)59-26-15-25-57-66(59)49-18-2-5-20-52(49)67(57)53-21-6-10-27-60(53)70-61-28-11-7-22-54(61)67/h1-41H. The lowest BCUT2D eigenvalue weighted by molar-refractivity contribution is 0.436. The zero-order valence-electron chi connectivity index (χ0n) is 38.8. The van der Waals surface area contributed by atoms with Crippen LogP contribution in [0, 0.1) is 0 Å². The van der Waals surface area contributed by atoms with Crippen LogP contribution < -0.4 is 9.64 Å². The molecule has 4 heteroatoms. The van der Waals surface area contributed by atoms with Crippen molar-refractivity contribution in [1.82, 2.24) is 0 Å². The first-order valence-electron chi connectivity index (χ1n) is 24.7. The highest BCUT2D eigenvalue weighted by molar-refractivity contribution is 7.99. The Morgan fingerprint density at radius 3 is 1.60 bits per heavy atom. The van der Waals surface area contributed by atoms with E-state index >= 15 is 0 Å². The SMILES string of the molecule is c1ccc2c(c1)Oc1ccccc1C21c2ccccc2-c2c(N(c3ccc(-c4ccc5sc6ccccc6c5c4)cc3)c3ccc4c(c3)C3(c5ccccc5Sc5ccccc53)c3ccccc3-4)cccc21. The molecule has 336 valence electrons. The Bertz CT molecular complexity index is 4170. The van der Waals surface area contributed by atoms with Gasteiger partial charge in [0.2, 0.25) is 0 Å². The minimum Gasteiger partial charge on any atom is -0.457 e. The van der Waals surface area contributed by atoms with E-state index in [9.17, 15) is 0 Å². The fourth-order valence-corrected chi connectivity index (χ4v) is 15.5. The number of ether oxygens (including phenoxy) is 1. The average molecular weight is 952 g/mol. The van der Waals surface area contributed by atoms with Gasteiger partial charge in [-0.05, 0) is 134 Å². The van der Waals surface area contributed by atoms with Crippen LogP contribution in [0.3, 0.4) is 0 Å². The number of fused-ring (bicyclic) bond motifs is 21. The molecule has 0 unspecified atom stereocenters. The van der Waals surface area contributed by atoms with Crippen LogP contribution in [0.4, 0.5) is 17.1 Å². The Balaban J connectivity index is 0.963. The molecule has 0 amide bonds. The molecule has 0 saturated heterocycles. The zero-order chi connectivity index (χ0) is 47.1. The van der Waals surface area contributed by atoms with E-state index in [0.717, 1.165) is 39.7 Å². The van der Waals surface area contributed by atoms with Crippen molar-refractivity contribution in [2.75, 3.05) is 4.90 Å². The summed E-state index contributed by atoms with van der Waals surface area (Å²) in [6.45, 7) is 0. The van der Waals surface area contributed by atoms with E-state index in [1.54, 1.807) is 0 Å². The molecular formula is C68H41NOS2. The second kappa shape index (κ2) is 15.1. The molecule has 2 aliphatic carbocycles. The third kappa shape index (κ3) is 5.30. The highest BCUT2D eigenvalue weighted by Gasteiger charge is 2.53. The second-order valence-corrected chi connectivity index (χ2v) is 21.6. The largest absolute Gasteiger partial charge is 0.457 e. The fraction of sp³-hybridized carbons (Fsp3) is 0.0294. The van der Waals surface area contributed by atoms with Gasteiger partial charge in [-0.3, -0.25) is 0 Å². The highest BCUT2D eigenvalue weighted by atomic mass is 32.2. The van der Waals surface area contributed by atoms with Crippen molar-refractivity contribution in [3.63, 3.8) is 0 Å². The third-order valence-corrected chi connectivity index (χ3v) is 18.3. The fourth-order valence-electron chi connectivity index (χ4n) is 13.2. The number of thiophene rings is 1. The van der Waals surface area contributed by atoms with Crippen LogP contribution in [0.5, 0.6) is 11.5 Å². The van der Waals surface area contributed by atoms with Crippen molar-refractivity contribution < 1.29 is 4.74 Å². The number of benzene rings is 11. The maximum absolute atomic E-state index is 6.76. The predicted octanol–water partition coefficient (Wildman–Crippen LogP) is 18.5. The number of rotatable bonds is 4. The molecule has 2 aliphatic heterocycles. The lowest BCUT2D eigenvalue weighted by Gasteiger charge is -2.40. The van der Waals surface area contributed by atoms with Crippen molar-refractivity contribution in [3.8, 4) is 44.9 Å². The molecule has 16 rings (SSSR count). The molecule has 2 nitrogen and oxygen atoms in total. The van der Waals surface area contributed by atoms with Crippen LogP contribution in [0.2, 0.25) is 0 Å². The van der Waals surface area contributed by atoms with Gasteiger partial charge in [-0.15, -0.1) is 11.3 Å². The molecule has 4 aliphatic rings. The molecule has 0 fully saturated rings. The van der Waals surface area contributed by atoms with Gasteiger partial charge in [0.25, 0.3) is 0 Å². The smallest absolute Gasteiger partial charge is 0.132 e. The highest BCUT2D eigenvalue weighted by Crippen LogP contribution is 2.66. The molecule has 0 radical (unpaired) electrons. The molecule has 12 aromatic rings. The molecule has 0 N–H and O–H groups in total. The van der Waals surface area contributed by atoms with Gasteiger partial charge in [0.15, 0.2) is 0 Å². The molecule has 1 aromatic heterocycles. The van der Waals surface area contributed by atoms with E-state index in [1.165, 1.54) is 96.7 Å². The van der Waals surface area contributed by atoms with Gasteiger partial charge < -0.3 is 9.64 Å². The van der Waals surface area contributed by atoms with Gasteiger partial charge in [0, 0.05) is 58.0 Å². The van der Waals surface area contributed by atoms with Gasteiger partial charge in [0.1, 0.15) is 11.5 Å². The van der Waals surface area contributed by atoms with E-state index in [2.05, 4.69) is 254 Å². The number of nitrogens with zero attached hydrogens (tertiary/aromatic N) is 1. The van der Waals surface area contributed by atoms with Crippen molar-refractivity contribution in [2.45, 2.75) is 20.6 Å². The van der Waals surface area contributed by atoms with Crippen LogP contribution >= 0.6 is 23.1 Å². The summed E-state index contributed by atoms with van der Waals surface area (Å²) >= 11 is 3.75. The number of para-hydroxylation sites is 2. The van der Waals surface area contributed by atoms with E-state index in [0.29, 0.717) is 0 Å². The minimum absolute atomic E-state index is 0.523. The maximum atomic E-state index is 6.76. The van der Waals surface area contributed by atoms with Crippen molar-refractivity contribution in [1.29, 1.82) is 0 Å². The summed E-state index contributed by atoms with van der Waals surface area (Å²) in [6.07, 6.45) is 0. The van der Waals surface area contributed by atoms with E-state index < -0.39 is 10.8 Å². The summed E-state index contributed by atoms with van der Waals surface area (Å²) in [4.78, 5) is 5.13. The lowest BCUT2D eigenvalue weighted by atomic mass is 9.66. The molecule has 2 spiro atoms. The van der Waals surface area contributed by atoms with Crippen LogP contribution in [-0.2, 0) is 10.8 Å². The molecule has 11 aromatic carbocycles. The van der Waals surface area contributed by atoms with Gasteiger partial charge in [-0.2, -0.15) is 0 Å². The van der Waals surface area contributed by atoms with Gasteiger partial charge in [-0.1, -0.05) is 188 Å². The number of anilines is 3. The lowest BCUT2D eigenvalue weighted by Crippen LogP contribution is -2.32. The van der Waals surface area contributed by atoms with Crippen LogP contribution in [0.1, 0.15) is 44.5 Å². The summed E-state index contributed by atoms with van der Waals surface area (Å²) < 4.78 is 9.39. The minimum atomic E-state index is -0.607. The van der Waals surface area contributed by atoms with Gasteiger partial charge >= 0.3 is 0 Å². The van der Waals surface area contributed by atoms with Gasteiger partial charge in [-0.25, -0.2) is 0 Å². The van der Waals surface area contributed by atoms with Gasteiger partial charge in [0.05, 0.1) is 16.5 Å².